The molecule has 0 aliphatic carbocycles. The number of hydrogen-bond donors (Lipinski definition) is 1. The second kappa shape index (κ2) is 6.93. The topological polar surface area (TPSA) is 33.1 Å². The lowest BCUT2D eigenvalue weighted by molar-refractivity contribution is 0.0631. The Bertz CT molecular complexity index is 434. The first kappa shape index (κ1) is 16.5. The van der Waals surface area contributed by atoms with Gasteiger partial charge in [-0.2, -0.15) is 5.10 Å². The first-order valence-corrected chi connectivity index (χ1v) is 8.56. The second-order valence-electron chi connectivity index (χ2n) is 6.72. The molecular formula is C17H32N4. The molecule has 1 saturated heterocycles. The van der Waals surface area contributed by atoms with Crippen LogP contribution in [0.4, 0.5) is 0 Å². The maximum Gasteiger partial charge on any atom is 0.0765 e. The third-order valence-corrected chi connectivity index (χ3v) is 5.12. The molecule has 0 bridgehead atoms. The average molecular weight is 292 g/mol. The van der Waals surface area contributed by atoms with Crippen molar-refractivity contribution in [1.82, 2.24) is 20.0 Å². The second-order valence-corrected chi connectivity index (χ2v) is 6.72. The highest BCUT2D eigenvalue weighted by Crippen LogP contribution is 2.25. The molecule has 2 rings (SSSR count). The SMILES string of the molecule is CCC1CNC(CC)(CC)CN1Cc1ccn(C(C)C)n1. The van der Waals surface area contributed by atoms with Crippen LogP contribution < -0.4 is 5.32 Å². The summed E-state index contributed by atoms with van der Waals surface area (Å²) in [6.45, 7) is 14.4. The first-order valence-electron chi connectivity index (χ1n) is 8.56. The maximum atomic E-state index is 4.73. The molecule has 120 valence electrons. The summed E-state index contributed by atoms with van der Waals surface area (Å²) in [5, 5.41) is 8.53. The van der Waals surface area contributed by atoms with E-state index in [1.54, 1.807) is 0 Å². The number of hydrogen-bond acceptors (Lipinski definition) is 3. The van der Waals surface area contributed by atoms with Gasteiger partial charge in [-0.15, -0.1) is 0 Å². The summed E-state index contributed by atoms with van der Waals surface area (Å²) >= 11 is 0. The molecule has 0 aromatic carbocycles. The molecule has 2 heterocycles. The highest BCUT2D eigenvalue weighted by atomic mass is 15.3. The van der Waals surface area contributed by atoms with E-state index in [9.17, 15) is 0 Å². The molecule has 0 amide bonds. The smallest absolute Gasteiger partial charge is 0.0765 e. The summed E-state index contributed by atoms with van der Waals surface area (Å²) in [7, 11) is 0. The Labute approximate surface area is 129 Å². The Hall–Kier alpha value is -0.870. The van der Waals surface area contributed by atoms with Gasteiger partial charge in [0.2, 0.25) is 0 Å². The van der Waals surface area contributed by atoms with Gasteiger partial charge in [0.05, 0.1) is 5.69 Å². The van der Waals surface area contributed by atoms with Crippen molar-refractivity contribution < 1.29 is 0 Å². The van der Waals surface area contributed by atoms with E-state index in [0.717, 1.165) is 19.6 Å². The number of aromatic nitrogens is 2. The van der Waals surface area contributed by atoms with Crippen molar-refractivity contribution in [3.8, 4) is 0 Å². The molecule has 1 aliphatic rings. The molecule has 1 aromatic heterocycles. The maximum absolute atomic E-state index is 4.73. The van der Waals surface area contributed by atoms with E-state index in [0.29, 0.717) is 12.1 Å². The summed E-state index contributed by atoms with van der Waals surface area (Å²) in [5.74, 6) is 0. The van der Waals surface area contributed by atoms with Gasteiger partial charge in [-0.3, -0.25) is 9.58 Å². The van der Waals surface area contributed by atoms with E-state index in [1.807, 2.05) is 0 Å². The monoisotopic (exact) mass is 292 g/mol. The Morgan fingerprint density at radius 3 is 2.57 bits per heavy atom. The van der Waals surface area contributed by atoms with Crippen molar-refractivity contribution in [1.29, 1.82) is 0 Å². The van der Waals surface area contributed by atoms with Crippen molar-refractivity contribution in [3.63, 3.8) is 0 Å². The Kier molecular flexibility index (Phi) is 5.44. The molecule has 1 aliphatic heterocycles. The summed E-state index contributed by atoms with van der Waals surface area (Å²) in [6.07, 6.45) is 5.69. The molecule has 1 unspecified atom stereocenters. The van der Waals surface area contributed by atoms with Gasteiger partial charge < -0.3 is 5.32 Å². The van der Waals surface area contributed by atoms with Crippen LogP contribution in [0.5, 0.6) is 0 Å². The third-order valence-electron chi connectivity index (χ3n) is 5.12. The quantitative estimate of drug-likeness (QED) is 0.874. The molecule has 4 nitrogen and oxygen atoms in total. The Balaban J connectivity index is 2.09. The molecule has 1 atom stereocenters. The normalized spacial score (nSPS) is 22.9. The number of piperazine rings is 1. The minimum Gasteiger partial charge on any atom is -0.308 e. The van der Waals surface area contributed by atoms with Crippen LogP contribution in [0, 0.1) is 0 Å². The molecule has 21 heavy (non-hydrogen) atoms. The minimum atomic E-state index is 0.284. The van der Waals surface area contributed by atoms with Crippen LogP contribution in [0.1, 0.15) is 65.6 Å². The van der Waals surface area contributed by atoms with Crippen LogP contribution in [0.3, 0.4) is 0 Å². The molecule has 4 heteroatoms. The molecule has 1 N–H and O–H groups in total. The van der Waals surface area contributed by atoms with Gasteiger partial charge in [0, 0.05) is 43.5 Å². The number of nitrogens with zero attached hydrogens (tertiary/aromatic N) is 3. The summed E-state index contributed by atoms with van der Waals surface area (Å²) in [6, 6.07) is 3.24. The number of nitrogens with one attached hydrogen (secondary N) is 1. The van der Waals surface area contributed by atoms with Crippen molar-refractivity contribution in [2.45, 2.75) is 78.0 Å². The zero-order chi connectivity index (χ0) is 15.5. The predicted octanol–water partition coefficient (Wildman–Crippen LogP) is 3.21. The van der Waals surface area contributed by atoms with Crippen molar-refractivity contribution in [2.75, 3.05) is 13.1 Å². The van der Waals surface area contributed by atoms with Gasteiger partial charge in [-0.25, -0.2) is 0 Å². The molecule has 1 aromatic rings. The fourth-order valence-electron chi connectivity index (χ4n) is 3.31. The average Bonchev–Trinajstić information content (AvgIpc) is 2.96. The molecular weight excluding hydrogens is 260 g/mol. The van der Waals surface area contributed by atoms with E-state index in [2.05, 4.69) is 61.8 Å². The lowest BCUT2D eigenvalue weighted by atomic mass is 9.88. The summed E-state index contributed by atoms with van der Waals surface area (Å²) < 4.78 is 2.06. The predicted molar refractivity (Wildman–Crippen MR) is 88.4 cm³/mol. The lowest BCUT2D eigenvalue weighted by Gasteiger charge is -2.47. The molecule has 0 saturated carbocycles. The van der Waals surface area contributed by atoms with Crippen molar-refractivity contribution in [2.24, 2.45) is 0 Å². The fraction of sp³-hybridized carbons (Fsp3) is 0.824. The first-order chi connectivity index (χ1) is 10.0. The highest BCUT2D eigenvalue weighted by Gasteiger charge is 2.36. The zero-order valence-corrected chi connectivity index (χ0v) is 14.4. The largest absolute Gasteiger partial charge is 0.308 e. The highest BCUT2D eigenvalue weighted by molar-refractivity contribution is 5.03. The van der Waals surface area contributed by atoms with Crippen LogP contribution >= 0.6 is 0 Å². The third kappa shape index (κ3) is 3.67. The van der Waals surface area contributed by atoms with Gasteiger partial charge in [0.1, 0.15) is 0 Å². The van der Waals surface area contributed by atoms with E-state index in [-0.39, 0.29) is 5.54 Å². The van der Waals surface area contributed by atoms with Gasteiger partial charge in [-0.1, -0.05) is 20.8 Å². The minimum absolute atomic E-state index is 0.284. The van der Waals surface area contributed by atoms with Gasteiger partial charge in [0.25, 0.3) is 0 Å². The number of rotatable bonds is 6. The molecule has 0 spiro atoms. The van der Waals surface area contributed by atoms with E-state index in [1.165, 1.54) is 25.0 Å². The lowest BCUT2D eigenvalue weighted by Crippen LogP contribution is -2.63. The van der Waals surface area contributed by atoms with E-state index >= 15 is 0 Å². The van der Waals surface area contributed by atoms with E-state index < -0.39 is 0 Å². The van der Waals surface area contributed by atoms with Crippen molar-refractivity contribution in [3.05, 3.63) is 18.0 Å². The summed E-state index contributed by atoms with van der Waals surface area (Å²) in [5.41, 5.74) is 1.48. The van der Waals surface area contributed by atoms with Crippen LogP contribution in [0.2, 0.25) is 0 Å². The van der Waals surface area contributed by atoms with Gasteiger partial charge in [-0.05, 0) is 39.2 Å². The fourth-order valence-corrected chi connectivity index (χ4v) is 3.31. The van der Waals surface area contributed by atoms with Crippen LogP contribution in [-0.2, 0) is 6.54 Å². The zero-order valence-electron chi connectivity index (χ0n) is 14.4. The standard InChI is InChI=1S/C17H32N4/c1-6-16-11-18-17(7-2,8-3)13-20(16)12-15-9-10-21(19-15)14(4)5/h9-10,14,16,18H,6-8,11-13H2,1-5H3. The Morgan fingerprint density at radius 1 is 1.33 bits per heavy atom. The molecule has 0 radical (unpaired) electrons. The van der Waals surface area contributed by atoms with Gasteiger partial charge >= 0.3 is 0 Å². The Morgan fingerprint density at radius 2 is 2.05 bits per heavy atom. The van der Waals surface area contributed by atoms with E-state index in [4.69, 9.17) is 5.10 Å². The van der Waals surface area contributed by atoms with Crippen LogP contribution in [0.25, 0.3) is 0 Å². The van der Waals surface area contributed by atoms with Crippen LogP contribution in [-0.4, -0.2) is 39.4 Å². The summed E-state index contributed by atoms with van der Waals surface area (Å²) in [4.78, 5) is 2.64. The molecule has 1 fully saturated rings. The van der Waals surface area contributed by atoms with Crippen LogP contribution in [0.15, 0.2) is 12.3 Å². The van der Waals surface area contributed by atoms with Gasteiger partial charge in [0.15, 0.2) is 0 Å². The van der Waals surface area contributed by atoms with Crippen molar-refractivity contribution >= 4 is 0 Å².